The summed E-state index contributed by atoms with van der Waals surface area (Å²) in [4.78, 5) is 0. The molecule has 0 fully saturated rings. The van der Waals surface area contributed by atoms with E-state index in [9.17, 15) is 4.11 Å². The maximum atomic E-state index is 13.0. The smallest absolute Gasteiger partial charge is 0.237 e. The summed E-state index contributed by atoms with van der Waals surface area (Å²) >= 11 is 0. The first-order valence-corrected chi connectivity index (χ1v) is 5.45. The van der Waals surface area contributed by atoms with Gasteiger partial charge in [-0.05, 0) is 11.1 Å². The Hall–Kier alpha value is 0.147. The van der Waals surface area contributed by atoms with E-state index in [1.165, 1.54) is 0 Å². The summed E-state index contributed by atoms with van der Waals surface area (Å²) in [7, 11) is -1.89. The van der Waals surface area contributed by atoms with Crippen LogP contribution in [-0.4, -0.2) is 9.13 Å². The van der Waals surface area contributed by atoms with Gasteiger partial charge in [-0.1, -0.05) is 34.1 Å². The van der Waals surface area contributed by atoms with E-state index in [1.807, 2.05) is 27.7 Å². The highest BCUT2D eigenvalue weighted by atomic mass is 28.3. The lowest BCUT2D eigenvalue weighted by Gasteiger charge is -2.20. The van der Waals surface area contributed by atoms with Gasteiger partial charge in [-0.3, -0.25) is 0 Å². The normalized spacial score (nSPS) is 15.7. The zero-order valence-corrected chi connectivity index (χ0v) is 8.02. The van der Waals surface area contributed by atoms with E-state index >= 15 is 0 Å². The standard InChI is InChI=1S/C7H17FSi/c1-5-6-9(8)7(2,3)4/h9H,5-6H2,1-4H3. The molecule has 0 N–H and O–H groups in total. The van der Waals surface area contributed by atoms with Crippen molar-refractivity contribution in [1.82, 2.24) is 0 Å². The van der Waals surface area contributed by atoms with Crippen molar-refractivity contribution >= 4 is 9.13 Å². The molecule has 0 rings (SSSR count). The Bertz CT molecular complexity index is 75.5. The highest BCUT2D eigenvalue weighted by Gasteiger charge is 2.25. The van der Waals surface area contributed by atoms with Crippen molar-refractivity contribution in [3.8, 4) is 0 Å². The Morgan fingerprint density at radius 1 is 1.33 bits per heavy atom. The molecule has 0 aromatic carbocycles. The number of hydrogen-bond acceptors (Lipinski definition) is 0. The van der Waals surface area contributed by atoms with E-state index in [4.69, 9.17) is 0 Å². The van der Waals surface area contributed by atoms with Gasteiger partial charge in [0.05, 0.1) is 0 Å². The van der Waals surface area contributed by atoms with Crippen LogP contribution in [0.2, 0.25) is 11.1 Å². The lowest BCUT2D eigenvalue weighted by Crippen LogP contribution is -2.19. The number of halogens is 1. The van der Waals surface area contributed by atoms with Gasteiger partial charge >= 0.3 is 0 Å². The first kappa shape index (κ1) is 9.15. The van der Waals surface area contributed by atoms with Crippen LogP contribution in [0.1, 0.15) is 34.1 Å². The minimum atomic E-state index is -1.89. The molecule has 0 aliphatic heterocycles. The second-order valence-electron chi connectivity index (χ2n) is 3.62. The monoisotopic (exact) mass is 148 g/mol. The summed E-state index contributed by atoms with van der Waals surface area (Å²) in [6.45, 7) is 8.05. The Balaban J connectivity index is 3.59. The minimum absolute atomic E-state index is 0.0178. The zero-order chi connectivity index (χ0) is 7.49. The summed E-state index contributed by atoms with van der Waals surface area (Å²) in [5.41, 5.74) is 0. The van der Waals surface area contributed by atoms with Gasteiger partial charge in [-0.2, -0.15) is 0 Å². The van der Waals surface area contributed by atoms with E-state index in [1.54, 1.807) is 0 Å². The highest BCUT2D eigenvalue weighted by Crippen LogP contribution is 2.30. The molecule has 0 aromatic rings. The van der Waals surface area contributed by atoms with Crippen LogP contribution in [0, 0.1) is 0 Å². The van der Waals surface area contributed by atoms with Gasteiger partial charge in [-0.25, -0.2) is 0 Å². The largest absolute Gasteiger partial charge is 0.318 e. The fraction of sp³-hybridized carbons (Fsp3) is 1.00. The van der Waals surface area contributed by atoms with Crippen molar-refractivity contribution in [2.24, 2.45) is 0 Å². The van der Waals surface area contributed by atoms with Gasteiger partial charge in [0.1, 0.15) is 0 Å². The minimum Gasteiger partial charge on any atom is -0.318 e. The van der Waals surface area contributed by atoms with Crippen LogP contribution in [0.5, 0.6) is 0 Å². The van der Waals surface area contributed by atoms with Gasteiger partial charge in [0.25, 0.3) is 0 Å². The van der Waals surface area contributed by atoms with Crippen LogP contribution >= 0.6 is 0 Å². The number of hydrogen-bond donors (Lipinski definition) is 0. The van der Waals surface area contributed by atoms with Crippen LogP contribution in [0.3, 0.4) is 0 Å². The molecule has 9 heavy (non-hydrogen) atoms. The van der Waals surface area contributed by atoms with Gasteiger partial charge in [0.2, 0.25) is 9.13 Å². The van der Waals surface area contributed by atoms with Gasteiger partial charge in [0, 0.05) is 0 Å². The summed E-state index contributed by atoms with van der Waals surface area (Å²) in [5, 5.41) is -0.0178. The van der Waals surface area contributed by atoms with E-state index in [2.05, 4.69) is 0 Å². The lowest BCUT2D eigenvalue weighted by molar-refractivity contribution is 0.638. The average molecular weight is 148 g/mol. The molecule has 0 saturated heterocycles. The molecular weight excluding hydrogens is 131 g/mol. The van der Waals surface area contributed by atoms with Crippen LogP contribution in [0.15, 0.2) is 0 Å². The molecule has 0 aliphatic carbocycles. The fourth-order valence-electron chi connectivity index (χ4n) is 0.686. The molecule has 0 spiro atoms. The topological polar surface area (TPSA) is 0 Å². The van der Waals surface area contributed by atoms with Gasteiger partial charge < -0.3 is 4.11 Å². The van der Waals surface area contributed by atoms with E-state index in [0.717, 1.165) is 12.5 Å². The summed E-state index contributed by atoms with van der Waals surface area (Å²) < 4.78 is 13.0. The Labute approximate surface area is 59.2 Å². The van der Waals surface area contributed by atoms with E-state index < -0.39 is 9.13 Å². The Morgan fingerprint density at radius 2 is 1.78 bits per heavy atom. The molecule has 0 bridgehead atoms. The Kier molecular flexibility index (Phi) is 3.40. The maximum Gasteiger partial charge on any atom is 0.237 e. The second kappa shape index (κ2) is 3.35. The molecule has 2 heteroatoms. The molecule has 0 saturated carbocycles. The maximum absolute atomic E-state index is 13.0. The number of rotatable bonds is 2. The first-order valence-electron chi connectivity index (χ1n) is 3.62. The van der Waals surface area contributed by atoms with Crippen molar-refractivity contribution in [1.29, 1.82) is 0 Å². The molecule has 0 radical (unpaired) electrons. The zero-order valence-electron chi connectivity index (χ0n) is 6.87. The Morgan fingerprint density at radius 3 is 1.89 bits per heavy atom. The van der Waals surface area contributed by atoms with Crippen molar-refractivity contribution in [3.05, 3.63) is 0 Å². The highest BCUT2D eigenvalue weighted by molar-refractivity contribution is 6.54. The summed E-state index contributed by atoms with van der Waals surface area (Å²) in [5.74, 6) is 0. The van der Waals surface area contributed by atoms with Crippen molar-refractivity contribution in [2.75, 3.05) is 0 Å². The third-order valence-corrected chi connectivity index (χ3v) is 4.45. The predicted molar refractivity (Wildman–Crippen MR) is 43.1 cm³/mol. The van der Waals surface area contributed by atoms with E-state index in [-0.39, 0.29) is 5.04 Å². The molecule has 1 atom stereocenters. The van der Waals surface area contributed by atoms with Crippen LogP contribution < -0.4 is 0 Å². The quantitative estimate of drug-likeness (QED) is 0.417. The van der Waals surface area contributed by atoms with Crippen molar-refractivity contribution in [2.45, 2.75) is 45.2 Å². The van der Waals surface area contributed by atoms with Gasteiger partial charge in [-0.15, -0.1) is 0 Å². The first-order chi connectivity index (χ1) is 3.98. The third kappa shape index (κ3) is 3.68. The molecular formula is C7H17FSi. The second-order valence-corrected chi connectivity index (χ2v) is 6.87. The molecule has 0 heterocycles. The average Bonchev–Trinajstić information content (AvgIpc) is 1.64. The molecule has 0 amide bonds. The van der Waals surface area contributed by atoms with Crippen LogP contribution in [0.4, 0.5) is 4.11 Å². The molecule has 0 nitrogen and oxygen atoms in total. The summed E-state index contributed by atoms with van der Waals surface area (Å²) in [6, 6.07) is 0.837. The van der Waals surface area contributed by atoms with Crippen LogP contribution in [-0.2, 0) is 0 Å². The van der Waals surface area contributed by atoms with Crippen LogP contribution in [0.25, 0.3) is 0 Å². The van der Waals surface area contributed by atoms with Crippen molar-refractivity contribution < 1.29 is 4.11 Å². The molecule has 0 aliphatic rings. The predicted octanol–water partition coefficient (Wildman–Crippen LogP) is 2.89. The lowest BCUT2D eigenvalue weighted by atomic mass is 10.2. The fourth-order valence-corrected chi connectivity index (χ4v) is 2.06. The molecule has 56 valence electrons. The molecule has 0 aromatic heterocycles. The SMILES string of the molecule is CCC[SiH](F)C(C)(C)C. The van der Waals surface area contributed by atoms with Gasteiger partial charge in [0.15, 0.2) is 0 Å². The van der Waals surface area contributed by atoms with E-state index in [0.29, 0.717) is 0 Å². The third-order valence-electron chi connectivity index (χ3n) is 1.48. The molecule has 1 unspecified atom stereocenters. The summed E-state index contributed by atoms with van der Waals surface area (Å²) in [6.07, 6.45) is 1.00. The van der Waals surface area contributed by atoms with Crippen molar-refractivity contribution in [3.63, 3.8) is 0 Å².